The van der Waals surface area contributed by atoms with E-state index in [0.717, 1.165) is 5.56 Å². The minimum Gasteiger partial charge on any atom is -0.495 e. The van der Waals surface area contributed by atoms with Crippen LogP contribution in [0.25, 0.3) is 0 Å². The highest BCUT2D eigenvalue weighted by molar-refractivity contribution is 5.95. The van der Waals surface area contributed by atoms with E-state index < -0.39 is 0 Å². The normalized spacial score (nSPS) is 14.8. The summed E-state index contributed by atoms with van der Waals surface area (Å²) in [5.41, 5.74) is 1.73. The number of likely N-dealkylation sites (tertiary alicyclic amines) is 1. The molecule has 1 heterocycles. The first-order chi connectivity index (χ1) is 9.01. The Morgan fingerprint density at radius 3 is 2.63 bits per heavy atom. The Kier molecular flexibility index (Phi) is 3.74. The van der Waals surface area contributed by atoms with E-state index in [1.807, 2.05) is 25.1 Å². The summed E-state index contributed by atoms with van der Waals surface area (Å²) in [6, 6.07) is 5.63. The van der Waals surface area contributed by atoms with Crippen LogP contribution in [0.3, 0.4) is 0 Å². The van der Waals surface area contributed by atoms with Gasteiger partial charge in [-0.2, -0.15) is 0 Å². The zero-order valence-electron chi connectivity index (χ0n) is 11.4. The maximum atomic E-state index is 12.0. The average Bonchev–Trinajstić information content (AvgIpc) is 2.26. The molecular formula is C14H18N2O3. The number of nitrogens with one attached hydrogen (secondary N) is 1. The molecule has 1 fully saturated rings. The Hall–Kier alpha value is -2.04. The number of rotatable bonds is 3. The van der Waals surface area contributed by atoms with Gasteiger partial charge in [0.2, 0.25) is 11.8 Å². The number of aryl methyl sites for hydroxylation is 1. The molecule has 1 aliphatic heterocycles. The van der Waals surface area contributed by atoms with Crippen LogP contribution in [0, 0.1) is 12.8 Å². The molecule has 1 aromatic carbocycles. The highest BCUT2D eigenvalue weighted by Crippen LogP contribution is 2.26. The van der Waals surface area contributed by atoms with Crippen molar-refractivity contribution in [2.45, 2.75) is 13.8 Å². The minimum atomic E-state index is -0.130. The van der Waals surface area contributed by atoms with Crippen LogP contribution in [0.4, 0.5) is 5.69 Å². The molecule has 0 saturated carbocycles. The van der Waals surface area contributed by atoms with Gasteiger partial charge >= 0.3 is 0 Å². The first-order valence-electron chi connectivity index (χ1n) is 6.22. The molecule has 0 atom stereocenters. The average molecular weight is 262 g/mol. The van der Waals surface area contributed by atoms with E-state index in [9.17, 15) is 9.59 Å². The van der Waals surface area contributed by atoms with Crippen LogP contribution in [0.1, 0.15) is 12.5 Å². The Bertz CT molecular complexity index is 507. The zero-order chi connectivity index (χ0) is 14.0. The van der Waals surface area contributed by atoms with Crippen molar-refractivity contribution in [3.8, 4) is 5.75 Å². The van der Waals surface area contributed by atoms with E-state index in [-0.39, 0.29) is 17.7 Å². The highest BCUT2D eigenvalue weighted by atomic mass is 16.5. The second-order valence-corrected chi connectivity index (χ2v) is 4.81. The van der Waals surface area contributed by atoms with Gasteiger partial charge in [-0.15, -0.1) is 0 Å². The molecule has 102 valence electrons. The van der Waals surface area contributed by atoms with E-state index in [1.165, 1.54) is 6.92 Å². The number of methoxy groups -OCH3 is 1. The number of amides is 2. The molecule has 1 aromatic rings. The lowest BCUT2D eigenvalue weighted by atomic mass is 9.99. The smallest absolute Gasteiger partial charge is 0.231 e. The first kappa shape index (κ1) is 13.4. The number of hydrogen-bond acceptors (Lipinski definition) is 3. The molecule has 0 unspecified atom stereocenters. The molecule has 1 aliphatic rings. The second kappa shape index (κ2) is 5.30. The fourth-order valence-electron chi connectivity index (χ4n) is 2.06. The molecule has 5 nitrogen and oxygen atoms in total. The number of carbonyl (C=O) groups is 2. The van der Waals surface area contributed by atoms with Crippen LogP contribution in [0.5, 0.6) is 5.75 Å². The Balaban J connectivity index is 2.00. The third-order valence-electron chi connectivity index (χ3n) is 3.31. The first-order valence-corrected chi connectivity index (χ1v) is 6.22. The quantitative estimate of drug-likeness (QED) is 0.896. The van der Waals surface area contributed by atoms with Gasteiger partial charge in [0.05, 0.1) is 18.7 Å². The van der Waals surface area contributed by atoms with Crippen LogP contribution in [0.2, 0.25) is 0 Å². The summed E-state index contributed by atoms with van der Waals surface area (Å²) in [5, 5.41) is 2.86. The largest absolute Gasteiger partial charge is 0.495 e. The third kappa shape index (κ3) is 2.86. The summed E-state index contributed by atoms with van der Waals surface area (Å²) >= 11 is 0. The van der Waals surface area contributed by atoms with Crippen LogP contribution in [0.15, 0.2) is 18.2 Å². The molecule has 19 heavy (non-hydrogen) atoms. The summed E-state index contributed by atoms with van der Waals surface area (Å²) in [6.07, 6.45) is 0. The van der Waals surface area contributed by atoms with Crippen LogP contribution < -0.4 is 10.1 Å². The molecule has 5 heteroatoms. The van der Waals surface area contributed by atoms with Gasteiger partial charge in [-0.1, -0.05) is 6.07 Å². The molecule has 2 amide bonds. The molecule has 2 rings (SSSR count). The molecule has 0 radical (unpaired) electrons. The van der Waals surface area contributed by atoms with Crippen molar-refractivity contribution in [1.29, 1.82) is 0 Å². The highest BCUT2D eigenvalue weighted by Gasteiger charge is 2.34. The maximum absolute atomic E-state index is 12.0. The van der Waals surface area contributed by atoms with Gasteiger partial charge in [0.15, 0.2) is 0 Å². The SMILES string of the molecule is COc1ccc(C)cc1NC(=O)C1CN(C(C)=O)C1. The van der Waals surface area contributed by atoms with Crippen molar-refractivity contribution < 1.29 is 14.3 Å². The van der Waals surface area contributed by atoms with Gasteiger partial charge in [0.1, 0.15) is 5.75 Å². The Morgan fingerprint density at radius 2 is 2.05 bits per heavy atom. The molecule has 0 bridgehead atoms. The molecule has 0 spiro atoms. The van der Waals surface area contributed by atoms with Gasteiger partial charge in [-0.25, -0.2) is 0 Å². The number of anilines is 1. The van der Waals surface area contributed by atoms with E-state index in [0.29, 0.717) is 24.5 Å². The van der Waals surface area contributed by atoms with Crippen molar-refractivity contribution in [2.75, 3.05) is 25.5 Å². The van der Waals surface area contributed by atoms with E-state index in [1.54, 1.807) is 12.0 Å². The van der Waals surface area contributed by atoms with Crippen molar-refractivity contribution in [3.63, 3.8) is 0 Å². The zero-order valence-corrected chi connectivity index (χ0v) is 11.4. The van der Waals surface area contributed by atoms with Crippen molar-refractivity contribution in [2.24, 2.45) is 5.92 Å². The van der Waals surface area contributed by atoms with Gasteiger partial charge in [0, 0.05) is 20.0 Å². The molecule has 1 saturated heterocycles. The molecule has 0 aliphatic carbocycles. The maximum Gasteiger partial charge on any atom is 0.231 e. The van der Waals surface area contributed by atoms with Crippen molar-refractivity contribution in [1.82, 2.24) is 4.90 Å². The van der Waals surface area contributed by atoms with Gasteiger partial charge in [-0.3, -0.25) is 9.59 Å². The van der Waals surface area contributed by atoms with Crippen molar-refractivity contribution >= 4 is 17.5 Å². The summed E-state index contributed by atoms with van der Waals surface area (Å²) < 4.78 is 5.21. The summed E-state index contributed by atoms with van der Waals surface area (Å²) in [7, 11) is 1.57. The minimum absolute atomic E-state index is 0.0113. The van der Waals surface area contributed by atoms with E-state index in [2.05, 4.69) is 5.32 Å². The lowest BCUT2D eigenvalue weighted by molar-refractivity contribution is -0.139. The fraction of sp³-hybridized carbons (Fsp3) is 0.429. The number of carbonyl (C=O) groups excluding carboxylic acids is 2. The summed E-state index contributed by atoms with van der Waals surface area (Å²) in [4.78, 5) is 24.8. The number of ether oxygens (including phenoxy) is 1. The second-order valence-electron chi connectivity index (χ2n) is 4.81. The van der Waals surface area contributed by atoms with Crippen molar-refractivity contribution in [3.05, 3.63) is 23.8 Å². The third-order valence-corrected chi connectivity index (χ3v) is 3.31. The van der Waals surface area contributed by atoms with E-state index >= 15 is 0 Å². The number of nitrogens with zero attached hydrogens (tertiary/aromatic N) is 1. The lowest BCUT2D eigenvalue weighted by Crippen LogP contribution is -2.53. The fourth-order valence-corrected chi connectivity index (χ4v) is 2.06. The topological polar surface area (TPSA) is 58.6 Å². The van der Waals surface area contributed by atoms with Gasteiger partial charge in [-0.05, 0) is 24.6 Å². The van der Waals surface area contributed by atoms with Crippen LogP contribution >= 0.6 is 0 Å². The van der Waals surface area contributed by atoms with E-state index in [4.69, 9.17) is 4.74 Å². The summed E-state index contributed by atoms with van der Waals surface area (Å²) in [5.74, 6) is 0.453. The molecule has 0 aromatic heterocycles. The van der Waals surface area contributed by atoms with Gasteiger partial charge in [0.25, 0.3) is 0 Å². The predicted octanol–water partition coefficient (Wildman–Crippen LogP) is 1.42. The number of hydrogen-bond donors (Lipinski definition) is 1. The molecular weight excluding hydrogens is 244 g/mol. The Morgan fingerprint density at radius 1 is 1.37 bits per heavy atom. The summed E-state index contributed by atoms with van der Waals surface area (Å²) in [6.45, 7) is 4.46. The lowest BCUT2D eigenvalue weighted by Gasteiger charge is -2.37. The predicted molar refractivity (Wildman–Crippen MR) is 72.1 cm³/mol. The standard InChI is InChI=1S/C14H18N2O3/c1-9-4-5-13(19-3)12(6-9)15-14(18)11-7-16(8-11)10(2)17/h4-6,11H,7-8H2,1-3H3,(H,15,18). The Labute approximate surface area is 112 Å². The molecule has 1 N–H and O–H groups in total. The van der Waals surface area contributed by atoms with Gasteiger partial charge < -0.3 is 15.0 Å². The van der Waals surface area contributed by atoms with Crippen LogP contribution in [-0.2, 0) is 9.59 Å². The number of benzene rings is 1. The monoisotopic (exact) mass is 262 g/mol. The van der Waals surface area contributed by atoms with Crippen LogP contribution in [-0.4, -0.2) is 36.9 Å².